The molecule has 0 amide bonds. The van der Waals surface area contributed by atoms with Crippen LogP contribution in [0.5, 0.6) is 23.0 Å². The molecule has 2 atom stereocenters. The molecule has 9 heteroatoms. The maximum atomic E-state index is 13.5. The molecule has 0 bridgehead atoms. The van der Waals surface area contributed by atoms with Crippen molar-refractivity contribution in [3.8, 4) is 23.0 Å². The van der Waals surface area contributed by atoms with E-state index in [-0.39, 0.29) is 40.5 Å². The second kappa shape index (κ2) is 14.6. The summed E-state index contributed by atoms with van der Waals surface area (Å²) in [5.74, 6) is -1.48. The van der Waals surface area contributed by atoms with Crippen LogP contribution in [-0.4, -0.2) is 16.0 Å². The number of rotatable bonds is 12. The second-order valence-electron chi connectivity index (χ2n) is 9.95. The average molecular weight is 737 g/mol. The van der Waals surface area contributed by atoms with Crippen molar-refractivity contribution >= 4 is 60.8 Å². The molecule has 5 nitrogen and oxygen atoms in total. The minimum absolute atomic E-state index is 0.0334. The largest absolute Gasteiger partial charge is 0.506 e. The molecular formula is C33H30Br2Cl2O5. The number of benzene rings is 4. The van der Waals surface area contributed by atoms with E-state index in [1.165, 1.54) is 0 Å². The van der Waals surface area contributed by atoms with Crippen molar-refractivity contribution in [3.63, 3.8) is 0 Å². The number of halogens is 4. The molecule has 0 heterocycles. The van der Waals surface area contributed by atoms with E-state index in [2.05, 4.69) is 31.9 Å². The standard InChI is InChI=1S/C33H30Br2Cl2O5/c1-19(25-11-13-27(29(36)32(25)39)41-17-23-7-3-21(15-34)4-8-23)31(38)20(2)26-12-14-28(30(37)33(26)40)42-18-24-9-5-22(16-35)6-10-24/h3-14,19-20,39-40H,15-18H2,1-2H3. The lowest BCUT2D eigenvalue weighted by Crippen LogP contribution is -2.17. The molecule has 4 rings (SSSR count). The third-order valence-electron chi connectivity index (χ3n) is 7.15. The monoisotopic (exact) mass is 734 g/mol. The van der Waals surface area contributed by atoms with Gasteiger partial charge in [0.15, 0.2) is 0 Å². The maximum absolute atomic E-state index is 13.5. The van der Waals surface area contributed by atoms with Gasteiger partial charge in [0.1, 0.15) is 52.0 Å². The highest BCUT2D eigenvalue weighted by atomic mass is 79.9. The fourth-order valence-corrected chi connectivity index (χ4v) is 5.70. The number of aromatic hydroxyl groups is 2. The number of carbonyl (C=O) groups is 1. The van der Waals surface area contributed by atoms with Gasteiger partial charge in [0.2, 0.25) is 0 Å². The van der Waals surface area contributed by atoms with Crippen LogP contribution >= 0.6 is 55.1 Å². The highest BCUT2D eigenvalue weighted by molar-refractivity contribution is 9.08. The number of Topliss-reactive ketones (excluding diaryl/α,β-unsaturated/α-hetero) is 1. The number of phenols is 2. The maximum Gasteiger partial charge on any atom is 0.147 e. The SMILES string of the molecule is CC(C(=O)C(C)c1ccc(OCc2ccc(CBr)cc2)c(Cl)c1O)c1ccc(OCc2ccc(CBr)cc2)c(Cl)c1O. The molecule has 0 aliphatic carbocycles. The number of hydrogen-bond acceptors (Lipinski definition) is 5. The highest BCUT2D eigenvalue weighted by Gasteiger charge is 2.29. The van der Waals surface area contributed by atoms with E-state index in [9.17, 15) is 15.0 Å². The number of ketones is 1. The summed E-state index contributed by atoms with van der Waals surface area (Å²) in [5.41, 5.74) is 4.94. The van der Waals surface area contributed by atoms with Gasteiger partial charge in [-0.25, -0.2) is 0 Å². The van der Waals surface area contributed by atoms with E-state index in [1.807, 2.05) is 48.5 Å². The van der Waals surface area contributed by atoms with E-state index in [4.69, 9.17) is 32.7 Å². The van der Waals surface area contributed by atoms with Gasteiger partial charge >= 0.3 is 0 Å². The minimum Gasteiger partial charge on any atom is -0.506 e. The first-order chi connectivity index (χ1) is 20.1. The summed E-state index contributed by atoms with van der Waals surface area (Å²) in [6.07, 6.45) is 0. The predicted molar refractivity (Wildman–Crippen MR) is 175 cm³/mol. The Morgan fingerprint density at radius 1 is 0.643 bits per heavy atom. The predicted octanol–water partition coefficient (Wildman–Crippen LogP) is 9.83. The first-order valence-corrected chi connectivity index (χ1v) is 16.2. The Morgan fingerprint density at radius 3 is 1.31 bits per heavy atom. The van der Waals surface area contributed by atoms with Crippen LogP contribution in [0.25, 0.3) is 0 Å². The third-order valence-corrected chi connectivity index (χ3v) is 9.18. The van der Waals surface area contributed by atoms with Crippen molar-refractivity contribution in [3.05, 3.63) is 116 Å². The molecule has 2 unspecified atom stereocenters. The molecule has 0 radical (unpaired) electrons. The number of alkyl halides is 2. The molecule has 0 spiro atoms. The quantitative estimate of drug-likeness (QED) is 0.142. The topological polar surface area (TPSA) is 76.0 Å². The summed E-state index contributed by atoms with van der Waals surface area (Å²) in [5, 5.41) is 23.4. The lowest BCUT2D eigenvalue weighted by atomic mass is 9.85. The fraction of sp³-hybridized carbons (Fsp3) is 0.242. The molecule has 0 aliphatic rings. The van der Waals surface area contributed by atoms with E-state index in [1.54, 1.807) is 38.1 Å². The van der Waals surface area contributed by atoms with Crippen molar-refractivity contribution < 1.29 is 24.5 Å². The number of ether oxygens (including phenoxy) is 2. The van der Waals surface area contributed by atoms with Crippen LogP contribution in [0.2, 0.25) is 10.0 Å². The van der Waals surface area contributed by atoms with E-state index in [0.717, 1.165) is 32.9 Å². The molecule has 0 fully saturated rings. The minimum atomic E-state index is -0.722. The fourth-order valence-electron chi connectivity index (χ4n) is 4.50. The molecule has 42 heavy (non-hydrogen) atoms. The lowest BCUT2D eigenvalue weighted by molar-refractivity contribution is -0.121. The summed E-state index contributed by atoms with van der Waals surface area (Å²) in [4.78, 5) is 13.5. The Labute approximate surface area is 272 Å². The summed E-state index contributed by atoms with van der Waals surface area (Å²) < 4.78 is 11.7. The zero-order valence-corrected chi connectivity index (χ0v) is 27.7. The third kappa shape index (κ3) is 7.43. The molecule has 0 saturated heterocycles. The lowest BCUT2D eigenvalue weighted by Gasteiger charge is -2.21. The first kappa shape index (κ1) is 32.2. The van der Waals surface area contributed by atoms with Crippen molar-refractivity contribution in [1.82, 2.24) is 0 Å². The van der Waals surface area contributed by atoms with Crippen molar-refractivity contribution in [2.24, 2.45) is 0 Å². The Hall–Kier alpha value is -2.71. The zero-order chi connectivity index (χ0) is 30.4. The van der Waals surface area contributed by atoms with Gasteiger partial charge in [-0.2, -0.15) is 0 Å². The van der Waals surface area contributed by atoms with E-state index < -0.39 is 11.8 Å². The van der Waals surface area contributed by atoms with Gasteiger partial charge in [0, 0.05) is 33.6 Å². The Bertz CT molecular complexity index is 1430. The molecule has 4 aromatic rings. The van der Waals surface area contributed by atoms with Crippen LogP contribution in [-0.2, 0) is 28.7 Å². The molecule has 220 valence electrons. The van der Waals surface area contributed by atoms with Crippen LogP contribution in [0.1, 0.15) is 59.1 Å². The van der Waals surface area contributed by atoms with E-state index >= 15 is 0 Å². The van der Waals surface area contributed by atoms with Crippen LogP contribution < -0.4 is 9.47 Å². The van der Waals surface area contributed by atoms with Crippen LogP contribution in [0.4, 0.5) is 0 Å². The number of hydrogen-bond donors (Lipinski definition) is 2. The van der Waals surface area contributed by atoms with Gasteiger partial charge in [0.25, 0.3) is 0 Å². The van der Waals surface area contributed by atoms with Crippen LogP contribution in [0, 0.1) is 0 Å². The van der Waals surface area contributed by atoms with Gasteiger partial charge in [-0.3, -0.25) is 4.79 Å². The second-order valence-corrected chi connectivity index (χ2v) is 11.8. The summed E-state index contributed by atoms with van der Waals surface area (Å²) in [7, 11) is 0. The molecule has 4 aromatic carbocycles. The van der Waals surface area contributed by atoms with Gasteiger partial charge in [-0.1, -0.05) is 130 Å². The van der Waals surface area contributed by atoms with E-state index in [0.29, 0.717) is 22.6 Å². The molecular weight excluding hydrogens is 707 g/mol. The number of phenolic OH excluding ortho intramolecular Hbond substituents is 2. The smallest absolute Gasteiger partial charge is 0.147 e. The molecule has 0 aromatic heterocycles. The highest BCUT2D eigenvalue weighted by Crippen LogP contribution is 2.44. The summed E-state index contributed by atoms with van der Waals surface area (Å²) in [6, 6.07) is 22.4. The molecule has 2 N–H and O–H groups in total. The summed E-state index contributed by atoms with van der Waals surface area (Å²) in [6.45, 7) is 3.92. The van der Waals surface area contributed by atoms with Crippen molar-refractivity contribution in [2.45, 2.75) is 49.6 Å². The Morgan fingerprint density at radius 2 is 0.976 bits per heavy atom. The molecule has 0 saturated carbocycles. The normalized spacial score (nSPS) is 12.5. The van der Waals surface area contributed by atoms with Gasteiger partial charge in [-0.05, 0) is 34.4 Å². The van der Waals surface area contributed by atoms with Crippen molar-refractivity contribution in [2.75, 3.05) is 0 Å². The number of carbonyl (C=O) groups excluding carboxylic acids is 1. The van der Waals surface area contributed by atoms with Gasteiger partial charge in [-0.15, -0.1) is 0 Å². The zero-order valence-electron chi connectivity index (χ0n) is 23.0. The van der Waals surface area contributed by atoms with Crippen LogP contribution in [0.15, 0.2) is 72.8 Å². The van der Waals surface area contributed by atoms with Gasteiger partial charge in [0.05, 0.1) is 0 Å². The van der Waals surface area contributed by atoms with Gasteiger partial charge < -0.3 is 19.7 Å². The Balaban J connectivity index is 1.44. The Kier molecular flexibility index (Phi) is 11.2. The first-order valence-electron chi connectivity index (χ1n) is 13.2. The van der Waals surface area contributed by atoms with Crippen LogP contribution in [0.3, 0.4) is 0 Å². The summed E-state index contributed by atoms with van der Waals surface area (Å²) >= 11 is 19.7. The molecule has 0 aliphatic heterocycles. The van der Waals surface area contributed by atoms with Crippen molar-refractivity contribution in [1.29, 1.82) is 0 Å². The average Bonchev–Trinajstić information content (AvgIpc) is 3.02.